The van der Waals surface area contributed by atoms with Gasteiger partial charge in [0.2, 0.25) is 5.88 Å². The topological polar surface area (TPSA) is 131 Å². The largest absolute Gasteiger partial charge is 0.463 e. The van der Waals surface area contributed by atoms with Gasteiger partial charge in [0.25, 0.3) is 0 Å². The summed E-state index contributed by atoms with van der Waals surface area (Å²) in [5.74, 6) is -1.47. The summed E-state index contributed by atoms with van der Waals surface area (Å²) >= 11 is 6.77. The lowest BCUT2D eigenvalue weighted by Crippen LogP contribution is -2.59. The molecule has 3 unspecified atom stereocenters. The number of alkyl halides is 2. The molecule has 52 heavy (non-hydrogen) atoms. The Labute approximate surface area is 303 Å². The van der Waals surface area contributed by atoms with E-state index < -0.39 is 23.9 Å². The summed E-state index contributed by atoms with van der Waals surface area (Å²) in [4.78, 5) is 17.9. The number of nitrogens with zero attached hydrogens (tertiary/aromatic N) is 6. The molecule has 4 aromatic rings. The molecule has 2 aliphatic heterocycles. The lowest BCUT2D eigenvalue weighted by molar-refractivity contribution is -0.0845. The molecule has 5 heterocycles. The number of pyridine rings is 1. The van der Waals surface area contributed by atoms with Gasteiger partial charge in [0.15, 0.2) is 5.82 Å². The number of hydrogen-bond acceptors (Lipinski definition) is 11. The molecule has 3 atom stereocenters. The number of fused-ring (bicyclic) bond motifs is 3. The Balaban J connectivity index is 1.26. The van der Waals surface area contributed by atoms with E-state index in [-0.39, 0.29) is 70.7 Å². The number of β-amino-alcohol motifs (C(OH)–C–C–N with tert-alkyl or cyclic N) is 1. The fraction of sp³-hybridized carbons (Fsp3) is 0.611. The zero-order valence-corrected chi connectivity index (χ0v) is 30.2. The van der Waals surface area contributed by atoms with Crippen molar-refractivity contribution >= 4 is 39.2 Å². The van der Waals surface area contributed by atoms with E-state index in [0.29, 0.717) is 41.3 Å². The molecule has 0 bridgehead atoms. The van der Waals surface area contributed by atoms with Gasteiger partial charge in [-0.3, -0.25) is 10.00 Å². The number of H-pyrrole nitrogens is 1. The molecule has 2 N–H and O–H groups in total. The number of hydrogen-bond donors (Lipinski definition) is 2. The molecular formula is C36H43ClF3N7O5. The lowest BCUT2D eigenvalue weighted by Gasteiger charge is -2.53. The Bertz CT molecular complexity index is 1980. The minimum Gasteiger partial charge on any atom is -0.463 e. The summed E-state index contributed by atoms with van der Waals surface area (Å²) in [6.45, 7) is 1.80. The Morgan fingerprint density at radius 2 is 1.98 bits per heavy atom. The second kappa shape index (κ2) is 13.7. The maximum atomic E-state index is 17.2. The highest BCUT2D eigenvalue weighted by atomic mass is 35.5. The van der Waals surface area contributed by atoms with Gasteiger partial charge in [0.1, 0.15) is 28.0 Å². The molecule has 280 valence electrons. The second-order valence-electron chi connectivity index (χ2n) is 15.1. The molecule has 1 aromatic carbocycles. The zero-order valence-electron chi connectivity index (χ0n) is 29.4. The number of benzene rings is 1. The molecule has 12 nitrogen and oxygen atoms in total. The monoisotopic (exact) mass is 745 g/mol. The van der Waals surface area contributed by atoms with Crippen molar-refractivity contribution < 1.29 is 37.2 Å². The van der Waals surface area contributed by atoms with Crippen LogP contribution in [0.1, 0.15) is 57.4 Å². The number of nitrogens with one attached hydrogen (secondary N) is 1. The standard InChI is InChI=1S/C36H43ClF3N7O5/c1-19-12-23-22(15-41-45-23)25(27(19)37)29-28(38)30-26(32(42-29)52-33(39)40)31(46-10-11-50-17-35(2,48)16-46)44-34(43-30)51-18-36-7-4-6-24(36)47(9-5-8-36)20-13-21(14-20)49-3/h12,15,20-21,24,33,48H,4-11,13-14,16-18H2,1-3H3,(H,41,45). The smallest absolute Gasteiger partial charge is 0.388 e. The van der Waals surface area contributed by atoms with Crippen LogP contribution < -0.4 is 14.4 Å². The Hall–Kier alpha value is -3.50. The van der Waals surface area contributed by atoms with Crippen LogP contribution in [0.25, 0.3) is 33.1 Å². The third kappa shape index (κ3) is 6.31. The molecule has 2 aliphatic carbocycles. The van der Waals surface area contributed by atoms with Crippen LogP contribution in [0.2, 0.25) is 5.02 Å². The Morgan fingerprint density at radius 1 is 1.17 bits per heavy atom. The number of rotatable bonds is 9. The highest BCUT2D eigenvalue weighted by Crippen LogP contribution is 2.51. The highest BCUT2D eigenvalue weighted by molar-refractivity contribution is 6.35. The maximum Gasteiger partial charge on any atom is 0.388 e. The highest BCUT2D eigenvalue weighted by Gasteiger charge is 2.52. The number of aromatic amines is 1. The van der Waals surface area contributed by atoms with Gasteiger partial charge in [0, 0.05) is 42.1 Å². The third-order valence-corrected chi connectivity index (χ3v) is 12.0. The number of aryl methyl sites for hydroxylation is 1. The number of anilines is 1. The first-order chi connectivity index (χ1) is 25.0. The van der Waals surface area contributed by atoms with Gasteiger partial charge in [-0.25, -0.2) is 9.37 Å². The molecule has 3 aromatic heterocycles. The molecule has 2 saturated carbocycles. The first kappa shape index (κ1) is 35.5. The van der Waals surface area contributed by atoms with E-state index in [4.69, 9.17) is 35.5 Å². The summed E-state index contributed by atoms with van der Waals surface area (Å²) < 4.78 is 68.2. The number of ether oxygens (including phenoxy) is 4. The van der Waals surface area contributed by atoms with Crippen LogP contribution in [0.5, 0.6) is 11.9 Å². The fourth-order valence-corrected chi connectivity index (χ4v) is 9.18. The number of halogens is 4. The number of aromatic nitrogens is 5. The molecule has 0 spiro atoms. The Kier molecular flexibility index (Phi) is 9.38. The molecule has 0 amide bonds. The summed E-state index contributed by atoms with van der Waals surface area (Å²) in [6, 6.07) is 2.43. The zero-order chi connectivity index (χ0) is 36.4. The second-order valence-corrected chi connectivity index (χ2v) is 15.5. The van der Waals surface area contributed by atoms with Crippen molar-refractivity contribution in [1.82, 2.24) is 30.0 Å². The summed E-state index contributed by atoms with van der Waals surface area (Å²) in [5.41, 5.74) is -0.848. The summed E-state index contributed by atoms with van der Waals surface area (Å²) in [6.07, 6.45) is 8.89. The lowest BCUT2D eigenvalue weighted by atomic mass is 9.73. The summed E-state index contributed by atoms with van der Waals surface area (Å²) in [5, 5.41) is 18.5. The number of piperidine rings is 1. The Morgan fingerprint density at radius 3 is 2.77 bits per heavy atom. The van der Waals surface area contributed by atoms with Crippen molar-refractivity contribution in [3.63, 3.8) is 0 Å². The van der Waals surface area contributed by atoms with E-state index in [1.54, 1.807) is 31.9 Å². The van der Waals surface area contributed by atoms with Crippen molar-refractivity contribution in [3.8, 4) is 23.1 Å². The van der Waals surface area contributed by atoms with E-state index in [1.165, 1.54) is 6.20 Å². The van der Waals surface area contributed by atoms with Crippen LogP contribution >= 0.6 is 11.6 Å². The van der Waals surface area contributed by atoms with E-state index in [2.05, 4.69) is 25.1 Å². The van der Waals surface area contributed by atoms with Crippen molar-refractivity contribution in [2.24, 2.45) is 5.41 Å². The molecule has 8 rings (SSSR count). The first-order valence-corrected chi connectivity index (χ1v) is 18.3. The third-order valence-electron chi connectivity index (χ3n) is 11.5. The van der Waals surface area contributed by atoms with E-state index in [1.807, 2.05) is 0 Å². The quantitative estimate of drug-likeness (QED) is 0.208. The molecule has 4 aliphatic rings. The molecule has 16 heteroatoms. The van der Waals surface area contributed by atoms with Crippen LogP contribution in [0.4, 0.5) is 19.0 Å². The van der Waals surface area contributed by atoms with Gasteiger partial charge in [-0.1, -0.05) is 18.0 Å². The predicted octanol–water partition coefficient (Wildman–Crippen LogP) is 6.05. The molecular weight excluding hydrogens is 703 g/mol. The number of likely N-dealkylation sites (tertiary alicyclic amines) is 1. The van der Waals surface area contributed by atoms with Crippen molar-refractivity contribution in [3.05, 3.63) is 28.7 Å². The van der Waals surface area contributed by atoms with Crippen molar-refractivity contribution in [2.45, 2.75) is 89.2 Å². The normalized spacial score (nSPS) is 28.3. The van der Waals surface area contributed by atoms with Gasteiger partial charge in [-0.05, 0) is 70.5 Å². The van der Waals surface area contributed by atoms with Gasteiger partial charge in [-0.2, -0.15) is 23.8 Å². The van der Waals surface area contributed by atoms with Gasteiger partial charge < -0.3 is 29.0 Å². The minimum atomic E-state index is -3.31. The van der Waals surface area contributed by atoms with E-state index >= 15 is 4.39 Å². The number of aliphatic hydroxyl groups is 1. The van der Waals surface area contributed by atoms with Crippen molar-refractivity contribution in [2.75, 3.05) is 51.5 Å². The maximum absolute atomic E-state index is 17.2. The first-order valence-electron chi connectivity index (χ1n) is 17.9. The van der Waals surface area contributed by atoms with E-state index in [9.17, 15) is 13.9 Å². The molecule has 4 fully saturated rings. The minimum absolute atomic E-state index is 0.000219. The van der Waals surface area contributed by atoms with Crippen LogP contribution in [-0.2, 0) is 9.47 Å². The van der Waals surface area contributed by atoms with Crippen molar-refractivity contribution in [1.29, 1.82) is 0 Å². The fourth-order valence-electron chi connectivity index (χ4n) is 8.93. The average molecular weight is 746 g/mol. The average Bonchev–Trinajstić information content (AvgIpc) is 3.69. The van der Waals surface area contributed by atoms with E-state index in [0.717, 1.165) is 51.5 Å². The van der Waals surface area contributed by atoms with Gasteiger partial charge in [-0.15, -0.1) is 0 Å². The van der Waals surface area contributed by atoms with Crippen LogP contribution in [0.15, 0.2) is 12.3 Å². The number of methoxy groups -OCH3 is 1. The predicted molar refractivity (Wildman–Crippen MR) is 188 cm³/mol. The molecule has 2 saturated heterocycles. The van der Waals surface area contributed by atoms with Gasteiger partial charge in [0.05, 0.1) is 49.2 Å². The molecule has 0 radical (unpaired) electrons. The van der Waals surface area contributed by atoms with Crippen LogP contribution in [-0.4, -0.2) is 112 Å². The van der Waals surface area contributed by atoms with Crippen LogP contribution in [0.3, 0.4) is 0 Å². The van der Waals surface area contributed by atoms with Crippen LogP contribution in [0, 0.1) is 18.2 Å². The summed E-state index contributed by atoms with van der Waals surface area (Å²) in [7, 11) is 1.76. The SMILES string of the molecule is COC1CC(N2CCCC3(COc4nc(N5CCOCC(C)(O)C5)c5c(OC(F)F)nc(-c6c(Cl)c(C)cc7[nH]ncc67)c(F)c5n4)CCCC23)C1. The van der Waals surface area contributed by atoms with Gasteiger partial charge >= 0.3 is 12.6 Å².